The summed E-state index contributed by atoms with van der Waals surface area (Å²) < 4.78 is 44.0. The maximum atomic E-state index is 11.7. The topological polar surface area (TPSA) is 30.5 Å². The zero-order valence-electron chi connectivity index (χ0n) is 9.68. The van der Waals surface area contributed by atoms with Gasteiger partial charge in [-0.05, 0) is 25.2 Å². The van der Waals surface area contributed by atoms with Crippen LogP contribution < -0.4 is 10.1 Å². The van der Waals surface area contributed by atoms with Crippen molar-refractivity contribution in [2.75, 3.05) is 20.3 Å². The Morgan fingerprint density at radius 2 is 2.00 bits per heavy atom. The minimum atomic E-state index is -4.63. The lowest BCUT2D eigenvalue weighted by Gasteiger charge is -2.12. The summed E-state index contributed by atoms with van der Waals surface area (Å²) in [6, 6.07) is 4.92. The zero-order chi connectivity index (χ0) is 13.6. The second kappa shape index (κ2) is 6.82. The van der Waals surface area contributed by atoms with Crippen LogP contribution in [-0.4, -0.2) is 26.6 Å². The lowest BCUT2D eigenvalue weighted by Crippen LogP contribution is -2.18. The minimum absolute atomic E-state index is 0.183. The molecule has 0 bridgehead atoms. The molecule has 0 saturated carbocycles. The van der Waals surface area contributed by atoms with Crippen LogP contribution in [0.15, 0.2) is 18.2 Å². The number of rotatable bonds is 6. The van der Waals surface area contributed by atoms with E-state index in [4.69, 9.17) is 16.3 Å². The Kier molecular flexibility index (Phi) is 5.71. The van der Waals surface area contributed by atoms with Crippen LogP contribution in [0.1, 0.15) is 5.56 Å². The molecule has 0 aliphatic carbocycles. The normalized spacial score (nSPS) is 11.6. The van der Waals surface area contributed by atoms with E-state index < -0.39 is 13.0 Å². The van der Waals surface area contributed by atoms with Gasteiger partial charge in [-0.2, -0.15) is 0 Å². The van der Waals surface area contributed by atoms with Gasteiger partial charge in [-0.15, -0.1) is 13.2 Å². The summed E-state index contributed by atoms with van der Waals surface area (Å²) in [5.41, 5.74) is 0.775. The molecule has 0 aliphatic rings. The fourth-order valence-corrected chi connectivity index (χ4v) is 1.52. The van der Waals surface area contributed by atoms with Gasteiger partial charge in [-0.1, -0.05) is 11.6 Å². The monoisotopic (exact) mass is 283 g/mol. The average Bonchev–Trinajstić information content (AvgIpc) is 2.26. The largest absolute Gasteiger partial charge is 0.522 e. The van der Waals surface area contributed by atoms with Crippen LogP contribution in [0.2, 0.25) is 5.02 Å². The first-order chi connectivity index (χ1) is 8.42. The summed E-state index contributed by atoms with van der Waals surface area (Å²) >= 11 is 5.82. The number of nitrogens with one attached hydrogen (secondary N) is 1. The predicted octanol–water partition coefficient (Wildman–Crippen LogP) is 2.97. The van der Waals surface area contributed by atoms with Gasteiger partial charge in [0.1, 0.15) is 12.4 Å². The molecule has 18 heavy (non-hydrogen) atoms. The summed E-state index contributed by atoms with van der Waals surface area (Å²) in [7, 11) is 1.75. The number of benzene rings is 1. The summed E-state index contributed by atoms with van der Waals surface area (Å²) in [4.78, 5) is 0. The van der Waals surface area contributed by atoms with Crippen molar-refractivity contribution >= 4 is 11.6 Å². The van der Waals surface area contributed by atoms with Gasteiger partial charge in [0.05, 0.1) is 6.61 Å². The molecule has 0 fully saturated rings. The summed E-state index contributed by atoms with van der Waals surface area (Å²) in [6.07, 6.45) is -4.63. The van der Waals surface area contributed by atoms with Crippen molar-refractivity contribution in [1.82, 2.24) is 5.32 Å². The SMILES string of the molecule is CNCc1cc(Cl)ccc1OCCOC(F)(F)F. The highest BCUT2D eigenvalue weighted by atomic mass is 35.5. The highest BCUT2D eigenvalue weighted by Crippen LogP contribution is 2.23. The van der Waals surface area contributed by atoms with Crippen molar-refractivity contribution in [2.24, 2.45) is 0 Å². The number of alkyl halides is 3. The Morgan fingerprint density at radius 3 is 2.61 bits per heavy atom. The Morgan fingerprint density at radius 1 is 1.28 bits per heavy atom. The Bertz CT molecular complexity index is 385. The second-order valence-electron chi connectivity index (χ2n) is 3.43. The Balaban J connectivity index is 2.51. The first-order valence-electron chi connectivity index (χ1n) is 5.19. The molecule has 0 spiro atoms. The van der Waals surface area contributed by atoms with Gasteiger partial charge in [0.15, 0.2) is 0 Å². The van der Waals surface area contributed by atoms with Crippen LogP contribution in [-0.2, 0) is 11.3 Å². The summed E-state index contributed by atoms with van der Waals surface area (Å²) in [5.74, 6) is 0.486. The van der Waals surface area contributed by atoms with Crippen molar-refractivity contribution in [3.63, 3.8) is 0 Å². The fraction of sp³-hybridized carbons (Fsp3) is 0.455. The van der Waals surface area contributed by atoms with Crippen molar-refractivity contribution in [2.45, 2.75) is 12.9 Å². The molecule has 0 aliphatic heterocycles. The molecule has 0 unspecified atom stereocenters. The lowest BCUT2D eigenvalue weighted by atomic mass is 10.2. The standard InChI is InChI=1S/C11H13ClF3NO2/c1-16-7-8-6-9(12)2-3-10(8)17-4-5-18-11(13,14)15/h2-3,6,16H,4-5,7H2,1H3. The van der Waals surface area contributed by atoms with Crippen LogP contribution in [0.25, 0.3) is 0 Å². The predicted molar refractivity (Wildman–Crippen MR) is 61.7 cm³/mol. The van der Waals surface area contributed by atoms with Gasteiger partial charge >= 0.3 is 6.36 Å². The zero-order valence-corrected chi connectivity index (χ0v) is 10.4. The van der Waals surface area contributed by atoms with Gasteiger partial charge in [0.25, 0.3) is 0 Å². The van der Waals surface area contributed by atoms with Gasteiger partial charge in [-0.25, -0.2) is 0 Å². The molecule has 0 aromatic heterocycles. The van der Waals surface area contributed by atoms with Crippen molar-refractivity contribution in [3.8, 4) is 5.75 Å². The first-order valence-corrected chi connectivity index (χ1v) is 5.56. The van der Waals surface area contributed by atoms with E-state index in [-0.39, 0.29) is 6.61 Å². The van der Waals surface area contributed by atoms with E-state index in [9.17, 15) is 13.2 Å². The average molecular weight is 284 g/mol. The maximum absolute atomic E-state index is 11.7. The maximum Gasteiger partial charge on any atom is 0.522 e. The molecule has 1 aromatic rings. The fourth-order valence-electron chi connectivity index (χ4n) is 1.33. The van der Waals surface area contributed by atoms with E-state index >= 15 is 0 Å². The van der Waals surface area contributed by atoms with Crippen LogP contribution in [0.3, 0.4) is 0 Å². The van der Waals surface area contributed by atoms with Crippen molar-refractivity contribution < 1.29 is 22.6 Å². The van der Waals surface area contributed by atoms with E-state index in [1.807, 2.05) is 0 Å². The highest BCUT2D eigenvalue weighted by molar-refractivity contribution is 6.30. The molecule has 1 rings (SSSR count). The van der Waals surface area contributed by atoms with Crippen molar-refractivity contribution in [3.05, 3.63) is 28.8 Å². The molecule has 0 atom stereocenters. The summed E-state index contributed by atoms with van der Waals surface area (Å²) in [6.45, 7) is -0.223. The first kappa shape index (κ1) is 15.1. The van der Waals surface area contributed by atoms with Crippen LogP contribution in [0.5, 0.6) is 5.75 Å². The third kappa shape index (κ3) is 5.57. The molecule has 1 N–H and O–H groups in total. The molecule has 0 amide bonds. The van der Waals surface area contributed by atoms with E-state index in [2.05, 4.69) is 10.1 Å². The quantitative estimate of drug-likeness (QED) is 0.814. The third-order valence-corrected chi connectivity index (χ3v) is 2.23. The van der Waals surface area contributed by atoms with Crippen LogP contribution >= 0.6 is 11.6 Å². The van der Waals surface area contributed by atoms with Gasteiger partial charge < -0.3 is 10.1 Å². The second-order valence-corrected chi connectivity index (χ2v) is 3.86. The van der Waals surface area contributed by atoms with Gasteiger partial charge in [-0.3, -0.25) is 4.74 Å². The molecule has 0 heterocycles. The molecule has 7 heteroatoms. The van der Waals surface area contributed by atoms with E-state index in [0.29, 0.717) is 17.3 Å². The van der Waals surface area contributed by atoms with Gasteiger partial charge in [0.2, 0.25) is 0 Å². The Labute approximate surface area is 108 Å². The lowest BCUT2D eigenvalue weighted by molar-refractivity contribution is -0.325. The summed E-state index contributed by atoms with van der Waals surface area (Å²) in [5, 5.41) is 3.46. The highest BCUT2D eigenvalue weighted by Gasteiger charge is 2.28. The smallest absolute Gasteiger partial charge is 0.491 e. The number of halogens is 4. The van der Waals surface area contributed by atoms with Crippen molar-refractivity contribution in [1.29, 1.82) is 0 Å². The molecule has 0 saturated heterocycles. The molecule has 0 radical (unpaired) electrons. The molecule has 3 nitrogen and oxygen atoms in total. The molecule has 1 aromatic carbocycles. The Hall–Kier alpha value is -0.980. The van der Waals surface area contributed by atoms with E-state index in [1.165, 1.54) is 0 Å². The van der Waals surface area contributed by atoms with Crippen LogP contribution in [0.4, 0.5) is 13.2 Å². The van der Waals surface area contributed by atoms with E-state index in [0.717, 1.165) is 5.56 Å². The molecule has 102 valence electrons. The number of hydrogen-bond acceptors (Lipinski definition) is 3. The van der Waals surface area contributed by atoms with Gasteiger partial charge in [0, 0.05) is 17.1 Å². The molecular weight excluding hydrogens is 271 g/mol. The minimum Gasteiger partial charge on any atom is -0.491 e. The number of hydrogen-bond donors (Lipinski definition) is 1. The molecular formula is C11H13ClF3NO2. The third-order valence-electron chi connectivity index (χ3n) is 2.00. The van der Waals surface area contributed by atoms with E-state index in [1.54, 1.807) is 25.2 Å². The van der Waals surface area contributed by atoms with Crippen LogP contribution in [0, 0.1) is 0 Å². The number of ether oxygens (including phenoxy) is 2.